The van der Waals surface area contributed by atoms with E-state index in [4.69, 9.17) is 14.2 Å². The molecule has 236 valence electrons. The maximum absolute atomic E-state index is 13.3. The number of amides is 3. The number of benzene rings is 3. The number of hydrogen-bond donors (Lipinski definition) is 2. The van der Waals surface area contributed by atoms with Crippen LogP contribution in [0.4, 0.5) is 10.5 Å². The van der Waals surface area contributed by atoms with Gasteiger partial charge in [-0.2, -0.15) is 0 Å². The molecule has 3 aromatic carbocycles. The van der Waals surface area contributed by atoms with E-state index in [1.54, 1.807) is 18.2 Å². The maximum atomic E-state index is 13.3. The molecule has 1 unspecified atom stereocenters. The standard InChI is InChI=1S/C35H39N3O7/c39-22-24-12-14-26(15-13-24)31-19-29(21-37-16-5-2-6-17-37)44-34(45-31)27-10-7-11-28(18-27)38-32(40)20-30(33(38)41)36-35(42)43-23-25-8-3-1-4-9-25/h1,3-4,7-15,18,29-31,34,39H,2,5-6,16-17,19-23H2,(H,36,42)/t29-,30?,31+,34+/m1/s1. The van der Waals surface area contributed by atoms with Crippen LogP contribution in [0.5, 0.6) is 0 Å². The van der Waals surface area contributed by atoms with Crippen LogP contribution in [0.25, 0.3) is 0 Å². The summed E-state index contributed by atoms with van der Waals surface area (Å²) in [6.07, 6.45) is 2.33. The summed E-state index contributed by atoms with van der Waals surface area (Å²) in [6.45, 7) is 2.92. The van der Waals surface area contributed by atoms with Crippen molar-refractivity contribution in [3.05, 3.63) is 101 Å². The van der Waals surface area contributed by atoms with Crippen molar-refractivity contribution in [1.29, 1.82) is 0 Å². The zero-order valence-corrected chi connectivity index (χ0v) is 25.2. The average molecular weight is 614 g/mol. The molecule has 3 aliphatic heterocycles. The van der Waals surface area contributed by atoms with Crippen molar-refractivity contribution >= 4 is 23.6 Å². The van der Waals surface area contributed by atoms with E-state index in [-0.39, 0.29) is 31.8 Å². The minimum absolute atomic E-state index is 0.0267. The van der Waals surface area contributed by atoms with E-state index < -0.39 is 30.2 Å². The van der Waals surface area contributed by atoms with E-state index >= 15 is 0 Å². The molecule has 2 N–H and O–H groups in total. The van der Waals surface area contributed by atoms with Crippen LogP contribution < -0.4 is 10.2 Å². The Labute approximate surface area is 262 Å². The molecular formula is C35H39N3O7. The van der Waals surface area contributed by atoms with Gasteiger partial charge in [0.2, 0.25) is 5.91 Å². The highest BCUT2D eigenvalue weighted by molar-refractivity contribution is 6.22. The van der Waals surface area contributed by atoms with Gasteiger partial charge in [0.25, 0.3) is 5.91 Å². The molecule has 10 heteroatoms. The van der Waals surface area contributed by atoms with E-state index in [9.17, 15) is 19.5 Å². The molecule has 0 spiro atoms. The topological polar surface area (TPSA) is 118 Å². The Morgan fingerprint density at radius 2 is 1.67 bits per heavy atom. The summed E-state index contributed by atoms with van der Waals surface area (Å²) < 4.78 is 18.3. The Hall–Kier alpha value is -4.09. The molecule has 0 radical (unpaired) electrons. The predicted molar refractivity (Wildman–Crippen MR) is 166 cm³/mol. The number of piperidine rings is 1. The largest absolute Gasteiger partial charge is 0.445 e. The van der Waals surface area contributed by atoms with Gasteiger partial charge in [0.15, 0.2) is 6.29 Å². The Morgan fingerprint density at radius 3 is 2.42 bits per heavy atom. The van der Waals surface area contributed by atoms with E-state index in [2.05, 4.69) is 10.2 Å². The zero-order valence-electron chi connectivity index (χ0n) is 25.2. The number of ether oxygens (including phenoxy) is 3. The monoisotopic (exact) mass is 613 g/mol. The first-order chi connectivity index (χ1) is 22.0. The summed E-state index contributed by atoms with van der Waals surface area (Å²) in [7, 11) is 0. The van der Waals surface area contributed by atoms with Crippen LogP contribution in [0.15, 0.2) is 78.9 Å². The minimum Gasteiger partial charge on any atom is -0.445 e. The number of carbonyl (C=O) groups excluding carboxylic acids is 3. The Kier molecular flexibility index (Phi) is 9.85. The predicted octanol–water partition coefficient (Wildman–Crippen LogP) is 4.77. The van der Waals surface area contributed by atoms with Gasteiger partial charge in [-0.25, -0.2) is 9.69 Å². The van der Waals surface area contributed by atoms with Crippen LogP contribution in [0.1, 0.15) is 66.8 Å². The van der Waals surface area contributed by atoms with Crippen molar-refractivity contribution in [2.75, 3.05) is 24.5 Å². The van der Waals surface area contributed by atoms with Crippen molar-refractivity contribution in [3.63, 3.8) is 0 Å². The van der Waals surface area contributed by atoms with Gasteiger partial charge in [-0.1, -0.05) is 73.2 Å². The molecule has 0 aromatic heterocycles. The number of aliphatic hydroxyl groups is 1. The number of nitrogens with one attached hydrogen (secondary N) is 1. The van der Waals surface area contributed by atoms with Crippen molar-refractivity contribution in [1.82, 2.24) is 10.2 Å². The van der Waals surface area contributed by atoms with Gasteiger partial charge >= 0.3 is 6.09 Å². The fourth-order valence-corrected chi connectivity index (χ4v) is 6.20. The van der Waals surface area contributed by atoms with Crippen LogP contribution >= 0.6 is 0 Å². The minimum atomic E-state index is -1.02. The van der Waals surface area contributed by atoms with Crippen molar-refractivity contribution in [2.45, 2.75) is 69.9 Å². The van der Waals surface area contributed by atoms with Crippen LogP contribution in [-0.4, -0.2) is 59.7 Å². The smallest absolute Gasteiger partial charge is 0.408 e. The number of carbonyl (C=O) groups is 3. The van der Waals surface area contributed by atoms with Gasteiger partial charge in [0.1, 0.15) is 12.6 Å². The summed E-state index contributed by atoms with van der Waals surface area (Å²) in [5.41, 5.74) is 3.72. The third kappa shape index (κ3) is 7.59. The molecule has 3 aliphatic rings. The van der Waals surface area contributed by atoms with Gasteiger partial charge in [-0.05, 0) is 54.8 Å². The second-order valence-corrected chi connectivity index (χ2v) is 11.8. The maximum Gasteiger partial charge on any atom is 0.408 e. The lowest BCUT2D eigenvalue weighted by Crippen LogP contribution is -2.42. The number of likely N-dealkylation sites (tertiary alicyclic amines) is 1. The molecule has 10 nitrogen and oxygen atoms in total. The molecule has 0 bridgehead atoms. The highest BCUT2D eigenvalue weighted by Gasteiger charge is 2.41. The van der Waals surface area contributed by atoms with E-state index in [0.717, 1.165) is 41.2 Å². The molecule has 3 saturated heterocycles. The first-order valence-electron chi connectivity index (χ1n) is 15.6. The number of anilines is 1. The van der Waals surface area contributed by atoms with Crippen molar-refractivity contribution in [3.8, 4) is 0 Å². The molecule has 3 fully saturated rings. The Bertz CT molecular complexity index is 1480. The summed E-state index contributed by atoms with van der Waals surface area (Å²) in [5, 5.41) is 12.0. The quantitative estimate of drug-likeness (QED) is 0.332. The highest BCUT2D eigenvalue weighted by atomic mass is 16.7. The number of nitrogens with zero attached hydrogens (tertiary/aromatic N) is 2. The fourth-order valence-electron chi connectivity index (χ4n) is 6.20. The van der Waals surface area contributed by atoms with Gasteiger partial charge in [-0.15, -0.1) is 0 Å². The molecule has 4 atom stereocenters. The lowest BCUT2D eigenvalue weighted by atomic mass is 9.99. The first-order valence-corrected chi connectivity index (χ1v) is 15.6. The Balaban J connectivity index is 1.16. The van der Waals surface area contributed by atoms with Crippen LogP contribution in [-0.2, 0) is 37.0 Å². The van der Waals surface area contributed by atoms with Crippen LogP contribution in [0.3, 0.4) is 0 Å². The summed E-state index contributed by atoms with van der Waals surface area (Å²) in [5.74, 6) is -0.940. The van der Waals surface area contributed by atoms with Gasteiger partial charge < -0.3 is 29.5 Å². The summed E-state index contributed by atoms with van der Waals surface area (Å²) in [4.78, 5) is 42.3. The first kappa shape index (κ1) is 30.9. The number of imide groups is 1. The highest BCUT2D eigenvalue weighted by Crippen LogP contribution is 2.39. The van der Waals surface area contributed by atoms with Gasteiger partial charge in [-0.3, -0.25) is 9.59 Å². The van der Waals surface area contributed by atoms with Crippen LogP contribution in [0.2, 0.25) is 0 Å². The van der Waals surface area contributed by atoms with E-state index in [1.165, 1.54) is 19.3 Å². The van der Waals surface area contributed by atoms with Gasteiger partial charge in [0, 0.05) is 18.5 Å². The fraction of sp³-hybridized carbons (Fsp3) is 0.400. The molecular weight excluding hydrogens is 574 g/mol. The Morgan fingerprint density at radius 1 is 0.889 bits per heavy atom. The number of hydrogen-bond acceptors (Lipinski definition) is 8. The second-order valence-electron chi connectivity index (χ2n) is 11.8. The molecule has 0 saturated carbocycles. The molecule has 0 aliphatic carbocycles. The number of aliphatic hydroxyl groups excluding tert-OH is 1. The summed E-state index contributed by atoms with van der Waals surface area (Å²) >= 11 is 0. The van der Waals surface area contributed by atoms with E-state index in [1.807, 2.05) is 60.7 Å². The second kappa shape index (κ2) is 14.3. The number of rotatable bonds is 9. The van der Waals surface area contributed by atoms with E-state index in [0.29, 0.717) is 17.7 Å². The van der Waals surface area contributed by atoms with Crippen molar-refractivity contribution < 1.29 is 33.7 Å². The molecule has 3 heterocycles. The zero-order chi connectivity index (χ0) is 31.2. The average Bonchev–Trinajstić information content (AvgIpc) is 3.36. The summed E-state index contributed by atoms with van der Waals surface area (Å²) in [6, 6.07) is 23.0. The number of alkyl carbamates (subject to hydrolysis) is 1. The lowest BCUT2D eigenvalue weighted by molar-refractivity contribution is -0.253. The molecule has 6 rings (SSSR count). The van der Waals surface area contributed by atoms with Crippen molar-refractivity contribution in [2.24, 2.45) is 0 Å². The van der Waals surface area contributed by atoms with Crippen LogP contribution in [0, 0.1) is 0 Å². The SMILES string of the molecule is O=C(NC1CC(=O)N(c2cccc([C@H]3O[C@@H](CN4CCCCC4)C[C@@H](c4ccc(CO)cc4)O3)c2)C1=O)OCc1ccccc1. The lowest BCUT2D eigenvalue weighted by Gasteiger charge is -2.39. The third-order valence-corrected chi connectivity index (χ3v) is 8.58. The van der Waals surface area contributed by atoms with Gasteiger partial charge in [0.05, 0.1) is 30.9 Å². The third-order valence-electron chi connectivity index (χ3n) is 8.58. The molecule has 45 heavy (non-hydrogen) atoms. The normalized spacial score (nSPS) is 24.1. The molecule has 3 aromatic rings. The molecule has 3 amide bonds.